The van der Waals surface area contributed by atoms with Crippen molar-refractivity contribution >= 4 is 17.1 Å². The number of ether oxygens (including phenoxy) is 1. The van der Waals surface area contributed by atoms with Crippen molar-refractivity contribution in [3.05, 3.63) is 75.6 Å². The molecule has 0 atom stereocenters. The van der Waals surface area contributed by atoms with Gasteiger partial charge in [0.25, 0.3) is 0 Å². The van der Waals surface area contributed by atoms with Crippen LogP contribution in [0.5, 0.6) is 5.75 Å². The van der Waals surface area contributed by atoms with Crippen molar-refractivity contribution in [3.8, 4) is 5.75 Å². The van der Waals surface area contributed by atoms with E-state index in [9.17, 15) is 27.2 Å². The number of para-hydroxylation sites is 1. The molecule has 0 saturated heterocycles. The van der Waals surface area contributed by atoms with E-state index in [0.29, 0.717) is 12.1 Å². The van der Waals surface area contributed by atoms with Crippen molar-refractivity contribution < 1.29 is 32.2 Å². The number of fused-ring (bicyclic) bond motifs is 1. The van der Waals surface area contributed by atoms with Gasteiger partial charge in [0.05, 0.1) is 17.1 Å². The summed E-state index contributed by atoms with van der Waals surface area (Å²) in [6.45, 7) is -0.373. The number of rotatable bonds is 3. The number of carboxylic acid groups (broad SMARTS) is 1. The van der Waals surface area contributed by atoms with Gasteiger partial charge in [0.15, 0.2) is 23.2 Å². The molecule has 1 aromatic heterocycles. The molecule has 0 saturated carbocycles. The minimum atomic E-state index is -1.76. The van der Waals surface area contributed by atoms with Gasteiger partial charge in [-0.3, -0.25) is 4.79 Å². The molecule has 0 radical (unpaired) electrons. The monoisotopic (exact) mass is 367 g/mol. The molecule has 26 heavy (non-hydrogen) atoms. The second kappa shape index (κ2) is 6.51. The highest BCUT2D eigenvalue weighted by Crippen LogP contribution is 2.21. The van der Waals surface area contributed by atoms with Gasteiger partial charge in [-0.25, -0.2) is 22.4 Å². The number of hydrogen-bond acceptors (Lipinski definition) is 3. The number of aromatic nitrogens is 1. The highest BCUT2D eigenvalue weighted by atomic mass is 19.2. The van der Waals surface area contributed by atoms with Crippen LogP contribution < -0.4 is 10.2 Å². The van der Waals surface area contributed by atoms with Gasteiger partial charge in [-0.15, -0.1) is 0 Å². The first-order valence-electron chi connectivity index (χ1n) is 7.14. The van der Waals surface area contributed by atoms with Crippen LogP contribution in [0.15, 0.2) is 41.3 Å². The van der Waals surface area contributed by atoms with Crippen LogP contribution in [0, 0.1) is 23.3 Å². The van der Waals surface area contributed by atoms with Gasteiger partial charge in [-0.05, 0) is 29.8 Å². The minimum Gasteiger partial charge on any atom is -0.449 e. The number of halogens is 4. The maximum atomic E-state index is 14.2. The minimum absolute atomic E-state index is 0.0733. The summed E-state index contributed by atoms with van der Waals surface area (Å²) in [4.78, 5) is 23.0. The summed E-state index contributed by atoms with van der Waals surface area (Å²) in [6.07, 6.45) is -0.857. The first kappa shape index (κ1) is 17.5. The molecule has 0 aliphatic heterocycles. The molecule has 1 heterocycles. The van der Waals surface area contributed by atoms with Crippen LogP contribution in [0.4, 0.5) is 22.4 Å². The summed E-state index contributed by atoms with van der Waals surface area (Å²) in [7, 11) is 0. The molecular weight excluding hydrogens is 358 g/mol. The lowest BCUT2D eigenvalue weighted by atomic mass is 10.1. The van der Waals surface area contributed by atoms with Gasteiger partial charge in [-0.2, -0.15) is 0 Å². The van der Waals surface area contributed by atoms with Crippen molar-refractivity contribution in [1.82, 2.24) is 4.57 Å². The third-order valence-corrected chi connectivity index (χ3v) is 3.61. The second-order valence-electron chi connectivity index (χ2n) is 5.33. The number of hydrogen-bond donors (Lipinski definition) is 1. The zero-order chi connectivity index (χ0) is 19.0. The molecule has 134 valence electrons. The molecule has 9 heteroatoms. The summed E-state index contributed by atoms with van der Waals surface area (Å²) in [5.41, 5.74) is -1.16. The summed E-state index contributed by atoms with van der Waals surface area (Å²) in [5, 5.41) is 8.53. The van der Waals surface area contributed by atoms with Crippen molar-refractivity contribution in [2.75, 3.05) is 0 Å². The lowest BCUT2D eigenvalue weighted by molar-refractivity contribution is 0.144. The SMILES string of the molecule is O=C(O)Oc1cn(Cc2cc(F)c(F)c(F)c2)c2c(F)cccc2c1=O. The normalized spacial score (nSPS) is 10.9. The zero-order valence-electron chi connectivity index (χ0n) is 12.8. The van der Waals surface area contributed by atoms with Gasteiger partial charge >= 0.3 is 6.16 Å². The van der Waals surface area contributed by atoms with E-state index in [-0.39, 0.29) is 23.0 Å². The first-order chi connectivity index (χ1) is 12.3. The van der Waals surface area contributed by atoms with E-state index in [2.05, 4.69) is 4.74 Å². The van der Waals surface area contributed by atoms with Gasteiger partial charge < -0.3 is 14.4 Å². The largest absolute Gasteiger partial charge is 0.511 e. The second-order valence-corrected chi connectivity index (χ2v) is 5.33. The highest BCUT2D eigenvalue weighted by molar-refractivity contribution is 5.81. The maximum Gasteiger partial charge on any atom is 0.511 e. The Morgan fingerprint density at radius 1 is 1.08 bits per heavy atom. The van der Waals surface area contributed by atoms with Crippen LogP contribution in [0.25, 0.3) is 10.9 Å². The topological polar surface area (TPSA) is 68.5 Å². The fraction of sp³-hybridized carbons (Fsp3) is 0.0588. The lowest BCUT2D eigenvalue weighted by Crippen LogP contribution is -2.17. The Hall–Kier alpha value is -3.36. The molecule has 0 bridgehead atoms. The summed E-state index contributed by atoms with van der Waals surface area (Å²) in [6, 6.07) is 4.96. The van der Waals surface area contributed by atoms with E-state index in [1.807, 2.05) is 0 Å². The van der Waals surface area contributed by atoms with E-state index < -0.39 is 40.6 Å². The number of nitrogens with zero attached hydrogens (tertiary/aromatic N) is 1. The molecule has 3 aromatic rings. The predicted octanol–water partition coefficient (Wildman–Crippen LogP) is 3.66. The van der Waals surface area contributed by atoms with Crippen molar-refractivity contribution in [1.29, 1.82) is 0 Å². The van der Waals surface area contributed by atoms with Crippen LogP contribution in [-0.2, 0) is 6.54 Å². The number of carbonyl (C=O) groups is 1. The Kier molecular flexibility index (Phi) is 4.37. The van der Waals surface area contributed by atoms with E-state index in [1.54, 1.807) is 0 Å². The third-order valence-electron chi connectivity index (χ3n) is 3.61. The molecule has 0 spiro atoms. The summed E-state index contributed by atoms with van der Waals surface area (Å²) < 4.78 is 59.5. The Morgan fingerprint density at radius 3 is 2.35 bits per heavy atom. The van der Waals surface area contributed by atoms with E-state index in [4.69, 9.17) is 5.11 Å². The lowest BCUT2D eigenvalue weighted by Gasteiger charge is -2.14. The van der Waals surface area contributed by atoms with Crippen LogP contribution in [0.1, 0.15) is 5.56 Å². The van der Waals surface area contributed by atoms with E-state index >= 15 is 0 Å². The molecule has 2 aromatic carbocycles. The smallest absolute Gasteiger partial charge is 0.449 e. The Bertz CT molecular complexity index is 1070. The molecule has 0 fully saturated rings. The molecule has 3 rings (SSSR count). The van der Waals surface area contributed by atoms with Crippen LogP contribution in [0.3, 0.4) is 0 Å². The molecule has 1 N–H and O–H groups in total. The van der Waals surface area contributed by atoms with Gasteiger partial charge in [0.1, 0.15) is 5.82 Å². The fourth-order valence-electron chi connectivity index (χ4n) is 2.58. The molecule has 0 unspecified atom stereocenters. The number of pyridine rings is 1. The molecular formula is C17H9F4NO4. The van der Waals surface area contributed by atoms with E-state index in [1.165, 1.54) is 12.1 Å². The highest BCUT2D eigenvalue weighted by Gasteiger charge is 2.17. The predicted molar refractivity (Wildman–Crippen MR) is 82.2 cm³/mol. The third kappa shape index (κ3) is 3.10. The maximum absolute atomic E-state index is 14.2. The van der Waals surface area contributed by atoms with Gasteiger partial charge in [0, 0.05) is 6.54 Å². The molecule has 0 aliphatic rings. The van der Waals surface area contributed by atoms with Crippen molar-refractivity contribution in [3.63, 3.8) is 0 Å². The summed E-state index contributed by atoms with van der Waals surface area (Å²) >= 11 is 0. The van der Waals surface area contributed by atoms with Crippen LogP contribution in [-0.4, -0.2) is 15.8 Å². The average molecular weight is 367 g/mol. The number of benzene rings is 2. The van der Waals surface area contributed by atoms with Crippen molar-refractivity contribution in [2.24, 2.45) is 0 Å². The molecule has 5 nitrogen and oxygen atoms in total. The Morgan fingerprint density at radius 2 is 1.73 bits per heavy atom. The molecule has 0 aliphatic carbocycles. The summed E-state index contributed by atoms with van der Waals surface area (Å²) in [5.74, 6) is -5.96. The quantitative estimate of drug-likeness (QED) is 0.436. The molecule has 0 amide bonds. The zero-order valence-corrected chi connectivity index (χ0v) is 12.8. The van der Waals surface area contributed by atoms with Crippen LogP contribution in [0.2, 0.25) is 0 Å². The fourth-order valence-corrected chi connectivity index (χ4v) is 2.58. The van der Waals surface area contributed by atoms with Gasteiger partial charge in [-0.1, -0.05) is 6.07 Å². The Balaban J connectivity index is 2.22. The standard InChI is InChI=1S/C17H9F4NO4/c18-10-3-1-2-9-15(10)22(7-13(16(9)23)26-17(24)25)6-8-4-11(19)14(21)12(20)5-8/h1-5,7H,6H2,(H,24,25). The Labute approximate surface area is 142 Å². The average Bonchev–Trinajstić information content (AvgIpc) is 2.56. The van der Waals surface area contributed by atoms with Gasteiger partial charge in [0.2, 0.25) is 5.43 Å². The first-order valence-corrected chi connectivity index (χ1v) is 7.14. The van der Waals surface area contributed by atoms with Crippen molar-refractivity contribution in [2.45, 2.75) is 6.54 Å². The van der Waals surface area contributed by atoms with E-state index in [0.717, 1.165) is 16.8 Å². The van der Waals surface area contributed by atoms with Crippen LogP contribution >= 0.6 is 0 Å².